The standard InChI is InChI=1S/C26H33N3O3S/c1-15(2)12-20-24(30)28-22(19-13-17-8-5-6-9-18(17)14-19)26(32)29(20)23(21-10-7-11-33-21)25(31)27-16(3)4/h5-11,15-16,19-20,22-23H,12-14H2,1-4H3,(H,27,31)(H,28,30)/t20-,22?,23-/m1/s1. The van der Waals surface area contributed by atoms with E-state index in [1.807, 2.05) is 57.3 Å². The van der Waals surface area contributed by atoms with Gasteiger partial charge in [-0.1, -0.05) is 44.2 Å². The first-order chi connectivity index (χ1) is 15.8. The van der Waals surface area contributed by atoms with Crippen molar-refractivity contribution in [3.63, 3.8) is 0 Å². The molecule has 1 fully saturated rings. The molecule has 4 rings (SSSR count). The van der Waals surface area contributed by atoms with Gasteiger partial charge in [0, 0.05) is 10.9 Å². The summed E-state index contributed by atoms with van der Waals surface area (Å²) in [5.74, 6) is -0.379. The number of benzene rings is 1. The Morgan fingerprint density at radius 1 is 1.09 bits per heavy atom. The molecule has 0 bridgehead atoms. The minimum Gasteiger partial charge on any atom is -0.352 e. The molecule has 0 spiro atoms. The molecule has 0 radical (unpaired) electrons. The third-order valence-electron chi connectivity index (χ3n) is 6.48. The van der Waals surface area contributed by atoms with Crippen molar-refractivity contribution in [3.05, 3.63) is 57.8 Å². The maximum absolute atomic E-state index is 14.1. The number of hydrogen-bond acceptors (Lipinski definition) is 4. The summed E-state index contributed by atoms with van der Waals surface area (Å²) in [5, 5.41) is 7.93. The normalized spacial score (nSPS) is 21.9. The summed E-state index contributed by atoms with van der Waals surface area (Å²) in [7, 11) is 0. The molecule has 2 aromatic rings. The van der Waals surface area contributed by atoms with Crippen LogP contribution in [0.15, 0.2) is 41.8 Å². The highest BCUT2D eigenvalue weighted by molar-refractivity contribution is 7.10. The molecule has 7 heteroatoms. The minimum atomic E-state index is -0.819. The lowest BCUT2D eigenvalue weighted by atomic mass is 9.88. The van der Waals surface area contributed by atoms with E-state index in [1.165, 1.54) is 22.5 Å². The molecule has 6 nitrogen and oxygen atoms in total. The second kappa shape index (κ2) is 9.67. The predicted molar refractivity (Wildman–Crippen MR) is 130 cm³/mol. The number of hydrogen-bond donors (Lipinski definition) is 2. The Kier molecular flexibility index (Phi) is 6.88. The van der Waals surface area contributed by atoms with E-state index in [-0.39, 0.29) is 35.6 Å². The van der Waals surface area contributed by atoms with Gasteiger partial charge < -0.3 is 15.5 Å². The van der Waals surface area contributed by atoms with Crippen molar-refractivity contribution in [2.45, 2.75) is 71.1 Å². The van der Waals surface area contributed by atoms with Crippen LogP contribution in [-0.4, -0.2) is 40.7 Å². The van der Waals surface area contributed by atoms with Crippen LogP contribution in [0.25, 0.3) is 0 Å². The third-order valence-corrected chi connectivity index (χ3v) is 7.40. The van der Waals surface area contributed by atoms with Gasteiger partial charge >= 0.3 is 0 Å². The Bertz CT molecular complexity index is 993. The molecule has 2 aliphatic rings. The lowest BCUT2D eigenvalue weighted by molar-refractivity contribution is -0.157. The molecule has 0 saturated carbocycles. The van der Waals surface area contributed by atoms with Crippen molar-refractivity contribution in [3.8, 4) is 0 Å². The first-order valence-corrected chi connectivity index (χ1v) is 12.7. The van der Waals surface area contributed by atoms with E-state index in [1.54, 1.807) is 4.90 Å². The van der Waals surface area contributed by atoms with Crippen LogP contribution < -0.4 is 10.6 Å². The second-order valence-corrected chi connectivity index (χ2v) is 10.9. The Hall–Kier alpha value is -2.67. The van der Waals surface area contributed by atoms with Crippen LogP contribution >= 0.6 is 11.3 Å². The molecule has 33 heavy (non-hydrogen) atoms. The van der Waals surface area contributed by atoms with Gasteiger partial charge in [-0.25, -0.2) is 0 Å². The van der Waals surface area contributed by atoms with Crippen LogP contribution in [0.4, 0.5) is 0 Å². The minimum absolute atomic E-state index is 0.0153. The Labute approximate surface area is 199 Å². The van der Waals surface area contributed by atoms with E-state index >= 15 is 0 Å². The van der Waals surface area contributed by atoms with Crippen LogP contribution in [0.3, 0.4) is 0 Å². The van der Waals surface area contributed by atoms with E-state index in [2.05, 4.69) is 22.8 Å². The summed E-state index contributed by atoms with van der Waals surface area (Å²) in [4.78, 5) is 43.3. The zero-order valence-electron chi connectivity index (χ0n) is 19.7. The summed E-state index contributed by atoms with van der Waals surface area (Å²) in [6.07, 6.45) is 2.00. The number of nitrogens with zero attached hydrogens (tertiary/aromatic N) is 1. The fraction of sp³-hybridized carbons (Fsp3) is 0.500. The van der Waals surface area contributed by atoms with E-state index in [0.717, 1.165) is 17.7 Å². The van der Waals surface area contributed by atoms with E-state index in [9.17, 15) is 14.4 Å². The monoisotopic (exact) mass is 467 g/mol. The van der Waals surface area contributed by atoms with Crippen LogP contribution in [0, 0.1) is 11.8 Å². The lowest BCUT2D eigenvalue weighted by Crippen LogP contribution is -2.67. The number of rotatable bonds is 7. The summed E-state index contributed by atoms with van der Waals surface area (Å²) in [5.41, 5.74) is 2.46. The Morgan fingerprint density at radius 3 is 2.30 bits per heavy atom. The van der Waals surface area contributed by atoms with Crippen molar-refractivity contribution < 1.29 is 14.4 Å². The Morgan fingerprint density at radius 2 is 1.76 bits per heavy atom. The molecule has 1 aliphatic carbocycles. The highest BCUT2D eigenvalue weighted by Gasteiger charge is 2.49. The highest BCUT2D eigenvalue weighted by atomic mass is 32.1. The van der Waals surface area contributed by atoms with Crippen LogP contribution in [0.5, 0.6) is 0 Å². The SMILES string of the molecule is CC(C)C[C@@H]1C(=O)NC(C2Cc3ccccc3C2)C(=O)N1[C@@H](C(=O)NC(C)C)c1cccs1. The zero-order chi connectivity index (χ0) is 23.7. The smallest absolute Gasteiger partial charge is 0.248 e. The fourth-order valence-electron chi connectivity index (χ4n) is 5.08. The third kappa shape index (κ3) is 4.83. The second-order valence-electron chi connectivity index (χ2n) is 9.90. The predicted octanol–water partition coefficient (Wildman–Crippen LogP) is 3.47. The van der Waals surface area contributed by atoms with Crippen molar-refractivity contribution in [1.82, 2.24) is 15.5 Å². The van der Waals surface area contributed by atoms with Gasteiger partial charge in [0.2, 0.25) is 17.7 Å². The van der Waals surface area contributed by atoms with Gasteiger partial charge in [0.25, 0.3) is 0 Å². The number of thiophene rings is 1. The van der Waals surface area contributed by atoms with Gasteiger partial charge in [-0.05, 0) is 67.5 Å². The van der Waals surface area contributed by atoms with E-state index < -0.39 is 18.1 Å². The number of carbonyl (C=O) groups is 3. The summed E-state index contributed by atoms with van der Waals surface area (Å²) >= 11 is 1.44. The molecule has 1 aliphatic heterocycles. The quantitative estimate of drug-likeness (QED) is 0.655. The Balaban J connectivity index is 1.71. The lowest BCUT2D eigenvalue weighted by Gasteiger charge is -2.44. The summed E-state index contributed by atoms with van der Waals surface area (Å²) < 4.78 is 0. The zero-order valence-corrected chi connectivity index (χ0v) is 20.5. The van der Waals surface area contributed by atoms with Crippen LogP contribution in [-0.2, 0) is 27.2 Å². The summed E-state index contributed by atoms with van der Waals surface area (Å²) in [6.45, 7) is 7.87. The van der Waals surface area contributed by atoms with Crippen molar-refractivity contribution in [2.24, 2.45) is 11.8 Å². The molecule has 1 saturated heterocycles. The first kappa shape index (κ1) is 23.5. The van der Waals surface area contributed by atoms with Gasteiger partial charge in [-0.2, -0.15) is 0 Å². The molecular formula is C26H33N3O3S. The average molecular weight is 468 g/mol. The molecule has 3 amide bonds. The maximum Gasteiger partial charge on any atom is 0.248 e. The van der Waals surface area contributed by atoms with Crippen LogP contribution in [0.2, 0.25) is 0 Å². The molecule has 1 aromatic heterocycles. The number of fused-ring (bicyclic) bond motifs is 1. The van der Waals surface area contributed by atoms with Gasteiger partial charge in [0.05, 0.1) is 0 Å². The van der Waals surface area contributed by atoms with Crippen molar-refractivity contribution in [1.29, 1.82) is 0 Å². The first-order valence-electron chi connectivity index (χ1n) is 11.8. The topological polar surface area (TPSA) is 78.5 Å². The fourth-order valence-corrected chi connectivity index (χ4v) is 5.90. The van der Waals surface area contributed by atoms with Crippen molar-refractivity contribution in [2.75, 3.05) is 0 Å². The number of piperazine rings is 1. The van der Waals surface area contributed by atoms with E-state index in [0.29, 0.717) is 6.42 Å². The van der Waals surface area contributed by atoms with Gasteiger partial charge in [-0.3, -0.25) is 14.4 Å². The van der Waals surface area contributed by atoms with Crippen LogP contribution in [0.1, 0.15) is 56.2 Å². The largest absolute Gasteiger partial charge is 0.352 e. The molecule has 176 valence electrons. The molecule has 1 unspecified atom stereocenters. The molecule has 2 N–H and O–H groups in total. The molecule has 2 heterocycles. The summed E-state index contributed by atoms with van der Waals surface area (Å²) in [6, 6.07) is 9.76. The number of carbonyl (C=O) groups excluding carboxylic acids is 3. The van der Waals surface area contributed by atoms with Crippen molar-refractivity contribution >= 4 is 29.1 Å². The average Bonchev–Trinajstić information content (AvgIpc) is 3.41. The van der Waals surface area contributed by atoms with Gasteiger partial charge in [0.1, 0.15) is 18.1 Å². The van der Waals surface area contributed by atoms with E-state index in [4.69, 9.17) is 0 Å². The molecular weight excluding hydrogens is 434 g/mol. The highest BCUT2D eigenvalue weighted by Crippen LogP contribution is 2.36. The molecule has 3 atom stereocenters. The number of nitrogens with one attached hydrogen (secondary N) is 2. The van der Waals surface area contributed by atoms with Gasteiger partial charge in [0.15, 0.2) is 0 Å². The number of amides is 3. The van der Waals surface area contributed by atoms with Gasteiger partial charge in [-0.15, -0.1) is 11.3 Å². The molecule has 1 aromatic carbocycles. The maximum atomic E-state index is 14.1.